The molecule has 0 aliphatic carbocycles. The molecule has 0 radical (unpaired) electrons. The average Bonchev–Trinajstić information content (AvgIpc) is 2.70. The molecule has 0 rings (SSSR count). The van der Waals surface area contributed by atoms with Crippen molar-refractivity contribution < 1.29 is 28.6 Å². The number of ether oxygens (including phenoxy) is 3. The molecule has 6 nitrogen and oxygen atoms in total. The molecule has 0 fully saturated rings. The van der Waals surface area contributed by atoms with Crippen molar-refractivity contribution in [3.8, 4) is 0 Å². The van der Waals surface area contributed by atoms with Crippen molar-refractivity contribution in [2.75, 3.05) is 19.8 Å². The van der Waals surface area contributed by atoms with Crippen molar-refractivity contribution >= 4 is 55.8 Å². The van der Waals surface area contributed by atoms with E-state index in [1.54, 1.807) is 0 Å². The lowest BCUT2D eigenvalue weighted by Gasteiger charge is -2.32. The maximum atomic E-state index is 12.3. The Labute approximate surface area is 197 Å². The van der Waals surface area contributed by atoms with Gasteiger partial charge in [-0.2, -0.15) is 37.9 Å². The molecule has 30 heavy (non-hydrogen) atoms. The molecule has 0 N–H and O–H groups in total. The van der Waals surface area contributed by atoms with Gasteiger partial charge in [0.2, 0.25) is 0 Å². The van der Waals surface area contributed by atoms with Crippen LogP contribution in [0.2, 0.25) is 0 Å². The van der Waals surface area contributed by atoms with E-state index in [1.807, 2.05) is 48.5 Å². The number of hydrogen-bond donors (Lipinski definition) is 3. The predicted octanol–water partition coefficient (Wildman–Crippen LogP) is 3.88. The van der Waals surface area contributed by atoms with Crippen molar-refractivity contribution in [2.45, 2.75) is 70.6 Å². The second-order valence-electron chi connectivity index (χ2n) is 8.74. The fraction of sp³-hybridized carbons (Fsp3) is 0.857. The monoisotopic (exact) mass is 482 g/mol. The first-order valence-corrected chi connectivity index (χ1v) is 11.9. The van der Waals surface area contributed by atoms with Crippen molar-refractivity contribution in [1.29, 1.82) is 0 Å². The zero-order valence-electron chi connectivity index (χ0n) is 19.1. The number of esters is 3. The minimum absolute atomic E-state index is 0.000481. The second kappa shape index (κ2) is 13.8. The van der Waals surface area contributed by atoms with Gasteiger partial charge in [-0.05, 0) is 24.2 Å². The third-order valence-corrected chi connectivity index (χ3v) is 7.35. The van der Waals surface area contributed by atoms with Crippen molar-refractivity contribution in [1.82, 2.24) is 0 Å². The Balaban J connectivity index is 5.34. The molecular formula is C21H38O6S3. The largest absolute Gasteiger partial charge is 0.464 e. The van der Waals surface area contributed by atoms with Gasteiger partial charge in [0.05, 0.1) is 5.41 Å². The molecule has 0 aromatic rings. The Kier molecular flexibility index (Phi) is 13.5. The molecular weight excluding hydrogens is 444 g/mol. The summed E-state index contributed by atoms with van der Waals surface area (Å²) in [5, 5.41) is -1.72. The molecule has 176 valence electrons. The number of carbonyl (C=O) groups is 3. The zero-order chi connectivity index (χ0) is 23.6. The third-order valence-electron chi connectivity index (χ3n) is 4.93. The summed E-state index contributed by atoms with van der Waals surface area (Å²) in [5.41, 5.74) is -0.875. The molecule has 3 unspecified atom stereocenters. The van der Waals surface area contributed by atoms with Gasteiger partial charge in [0, 0.05) is 0 Å². The molecule has 0 amide bonds. The summed E-state index contributed by atoms with van der Waals surface area (Å²) < 4.78 is 16.4. The highest BCUT2D eigenvalue weighted by Gasteiger charge is 2.36. The summed E-state index contributed by atoms with van der Waals surface area (Å²) in [6.07, 6.45) is 0.456. The number of hydrogen-bond acceptors (Lipinski definition) is 9. The molecule has 0 aromatic carbocycles. The van der Waals surface area contributed by atoms with E-state index in [0.29, 0.717) is 6.42 Å². The van der Waals surface area contributed by atoms with Crippen LogP contribution in [0.3, 0.4) is 0 Å². The van der Waals surface area contributed by atoms with E-state index in [4.69, 9.17) is 14.2 Å². The van der Waals surface area contributed by atoms with Gasteiger partial charge >= 0.3 is 17.9 Å². The first-order chi connectivity index (χ1) is 13.8. The second-order valence-corrected chi connectivity index (χ2v) is 10.4. The zero-order valence-corrected chi connectivity index (χ0v) is 21.8. The van der Waals surface area contributed by atoms with Crippen LogP contribution < -0.4 is 0 Å². The summed E-state index contributed by atoms with van der Waals surface area (Å²) in [5.74, 6) is -1.40. The van der Waals surface area contributed by atoms with E-state index in [1.165, 1.54) is 0 Å². The molecule has 0 aromatic heterocycles. The van der Waals surface area contributed by atoms with Gasteiger partial charge in [0.15, 0.2) is 0 Å². The van der Waals surface area contributed by atoms with Gasteiger partial charge in [-0.15, -0.1) is 0 Å². The van der Waals surface area contributed by atoms with Crippen LogP contribution in [0, 0.1) is 23.2 Å². The molecule has 0 bridgehead atoms. The van der Waals surface area contributed by atoms with Crippen LogP contribution >= 0.6 is 37.9 Å². The number of carbonyl (C=O) groups excluding carboxylic acids is 3. The Morgan fingerprint density at radius 1 is 0.633 bits per heavy atom. The SMILES string of the molecule is CCC(COC(=O)C(S)C(C)C)(COC(=O)C(S)C(C)C)COC(=O)C(S)C(C)C. The molecule has 0 spiro atoms. The van der Waals surface area contributed by atoms with E-state index >= 15 is 0 Å². The fourth-order valence-corrected chi connectivity index (χ4v) is 2.40. The van der Waals surface area contributed by atoms with Crippen LogP contribution in [0.5, 0.6) is 0 Å². The summed E-state index contributed by atoms with van der Waals surface area (Å²) in [4.78, 5) is 36.8. The number of rotatable bonds is 13. The van der Waals surface area contributed by atoms with Gasteiger partial charge in [0.1, 0.15) is 35.6 Å². The van der Waals surface area contributed by atoms with E-state index in [2.05, 4.69) is 37.9 Å². The first kappa shape index (κ1) is 29.5. The lowest BCUT2D eigenvalue weighted by atomic mass is 9.87. The van der Waals surface area contributed by atoms with Crippen LogP contribution in [-0.2, 0) is 28.6 Å². The van der Waals surface area contributed by atoms with E-state index in [9.17, 15) is 14.4 Å². The maximum absolute atomic E-state index is 12.3. The third kappa shape index (κ3) is 9.73. The van der Waals surface area contributed by atoms with E-state index < -0.39 is 39.1 Å². The van der Waals surface area contributed by atoms with Gasteiger partial charge in [-0.25, -0.2) is 0 Å². The first-order valence-electron chi connectivity index (χ1n) is 10.3. The lowest BCUT2D eigenvalue weighted by Crippen LogP contribution is -2.42. The fourth-order valence-electron chi connectivity index (χ4n) is 2.18. The van der Waals surface area contributed by atoms with E-state index in [0.717, 1.165) is 0 Å². The van der Waals surface area contributed by atoms with Crippen LogP contribution in [0.25, 0.3) is 0 Å². The average molecular weight is 483 g/mol. The standard InChI is InChI=1S/C21H38O6S3/c1-8-21(9-25-18(22)15(28)12(2)3,10-26-19(23)16(29)13(4)5)11-27-20(24)17(30)14(6)7/h12-17,28-30H,8-11H2,1-7H3. The highest BCUT2D eigenvalue weighted by atomic mass is 32.1. The molecule has 0 aliphatic heterocycles. The number of thiol groups is 3. The van der Waals surface area contributed by atoms with Gasteiger partial charge in [-0.1, -0.05) is 48.5 Å². The molecule has 0 saturated heterocycles. The smallest absolute Gasteiger partial charge is 0.319 e. The minimum atomic E-state index is -0.875. The molecule has 0 heterocycles. The van der Waals surface area contributed by atoms with Gasteiger partial charge in [0.25, 0.3) is 0 Å². The summed E-state index contributed by atoms with van der Waals surface area (Å²) >= 11 is 12.8. The maximum Gasteiger partial charge on any atom is 0.319 e. The van der Waals surface area contributed by atoms with Crippen LogP contribution in [-0.4, -0.2) is 53.5 Å². The Morgan fingerprint density at radius 3 is 1.03 bits per heavy atom. The van der Waals surface area contributed by atoms with Gasteiger partial charge < -0.3 is 14.2 Å². The van der Waals surface area contributed by atoms with Crippen LogP contribution in [0.15, 0.2) is 0 Å². The van der Waals surface area contributed by atoms with Gasteiger partial charge in [-0.3, -0.25) is 14.4 Å². The highest BCUT2D eigenvalue weighted by Crippen LogP contribution is 2.27. The Morgan fingerprint density at radius 2 is 0.867 bits per heavy atom. The lowest BCUT2D eigenvalue weighted by molar-refractivity contribution is -0.162. The molecule has 9 heteroatoms. The minimum Gasteiger partial charge on any atom is -0.464 e. The topological polar surface area (TPSA) is 78.9 Å². The summed E-state index contributed by atoms with van der Waals surface area (Å²) in [7, 11) is 0. The predicted molar refractivity (Wildman–Crippen MR) is 128 cm³/mol. The van der Waals surface area contributed by atoms with Crippen molar-refractivity contribution in [2.24, 2.45) is 23.2 Å². The van der Waals surface area contributed by atoms with Crippen LogP contribution in [0.4, 0.5) is 0 Å². The molecule has 3 atom stereocenters. The Hall–Kier alpha value is -0.540. The van der Waals surface area contributed by atoms with E-state index in [-0.39, 0.29) is 37.6 Å². The summed E-state index contributed by atoms with van der Waals surface area (Å²) in [6.45, 7) is 12.9. The summed E-state index contributed by atoms with van der Waals surface area (Å²) in [6, 6.07) is 0. The van der Waals surface area contributed by atoms with Crippen molar-refractivity contribution in [3.63, 3.8) is 0 Å². The highest BCUT2D eigenvalue weighted by molar-refractivity contribution is 7.82. The quantitative estimate of drug-likeness (QED) is 0.210. The molecule has 0 saturated carbocycles. The normalized spacial score (nSPS) is 16.7. The van der Waals surface area contributed by atoms with Crippen molar-refractivity contribution in [3.05, 3.63) is 0 Å². The molecule has 0 aliphatic rings. The Bertz CT molecular complexity index is 491. The van der Waals surface area contributed by atoms with Crippen LogP contribution in [0.1, 0.15) is 54.9 Å².